The lowest BCUT2D eigenvalue weighted by Crippen LogP contribution is -2.06. The Morgan fingerprint density at radius 3 is 2.90 bits per heavy atom. The summed E-state index contributed by atoms with van der Waals surface area (Å²) in [5.74, 6) is 0. The minimum absolute atomic E-state index is 0.291. The Bertz CT molecular complexity index is 629. The number of aliphatic hydroxyl groups is 1. The van der Waals surface area contributed by atoms with Crippen LogP contribution in [-0.4, -0.2) is 19.5 Å². The molecule has 0 fully saturated rings. The molecule has 1 N–H and O–H groups in total. The Balaban J connectivity index is 1.90. The zero-order chi connectivity index (χ0) is 14.3. The maximum Gasteiger partial charge on any atom is 0.0807 e. The van der Waals surface area contributed by atoms with Gasteiger partial charge in [0.1, 0.15) is 0 Å². The Labute approximate surface area is 127 Å². The molecular weight excluding hydrogens is 318 g/mol. The SMILES string of the molecule is CCc1nn(C)c(Cn2cc3c(c2)C(O)CCC3)c1Br. The normalized spacial score (nSPS) is 18.3. The number of nitrogens with zero attached hydrogens (tertiary/aromatic N) is 3. The molecule has 1 atom stereocenters. The van der Waals surface area contributed by atoms with E-state index < -0.39 is 0 Å². The molecule has 1 aliphatic carbocycles. The number of hydrogen-bond acceptors (Lipinski definition) is 2. The number of fused-ring (bicyclic) bond motifs is 1. The Morgan fingerprint density at radius 1 is 1.45 bits per heavy atom. The molecule has 0 spiro atoms. The summed E-state index contributed by atoms with van der Waals surface area (Å²) in [6.07, 6.45) is 7.93. The highest BCUT2D eigenvalue weighted by molar-refractivity contribution is 9.10. The van der Waals surface area contributed by atoms with Gasteiger partial charge < -0.3 is 9.67 Å². The van der Waals surface area contributed by atoms with Gasteiger partial charge in [0, 0.05) is 25.0 Å². The highest BCUT2D eigenvalue weighted by atomic mass is 79.9. The first-order valence-electron chi connectivity index (χ1n) is 7.17. The van der Waals surface area contributed by atoms with Crippen LogP contribution in [0.25, 0.3) is 0 Å². The van der Waals surface area contributed by atoms with Crippen LogP contribution < -0.4 is 0 Å². The van der Waals surface area contributed by atoms with Crippen molar-refractivity contribution in [3.63, 3.8) is 0 Å². The third kappa shape index (κ3) is 2.33. The van der Waals surface area contributed by atoms with Crippen LogP contribution in [0.3, 0.4) is 0 Å². The maximum atomic E-state index is 10.1. The molecule has 0 aromatic carbocycles. The monoisotopic (exact) mass is 337 g/mol. The Kier molecular flexibility index (Phi) is 3.73. The van der Waals surface area contributed by atoms with Gasteiger partial charge in [-0.2, -0.15) is 5.10 Å². The van der Waals surface area contributed by atoms with Gasteiger partial charge in [0.25, 0.3) is 0 Å². The molecule has 4 nitrogen and oxygen atoms in total. The highest BCUT2D eigenvalue weighted by Crippen LogP contribution is 2.31. The number of rotatable bonds is 3. The third-order valence-electron chi connectivity index (χ3n) is 4.12. The van der Waals surface area contributed by atoms with E-state index in [2.05, 4.69) is 44.9 Å². The van der Waals surface area contributed by atoms with Crippen LogP contribution in [-0.2, 0) is 26.4 Å². The lowest BCUT2D eigenvalue weighted by molar-refractivity contribution is 0.157. The summed E-state index contributed by atoms with van der Waals surface area (Å²) in [4.78, 5) is 0. The fourth-order valence-corrected chi connectivity index (χ4v) is 3.72. The van der Waals surface area contributed by atoms with Gasteiger partial charge in [-0.25, -0.2) is 0 Å². The molecule has 0 aliphatic heterocycles. The zero-order valence-electron chi connectivity index (χ0n) is 11.9. The van der Waals surface area contributed by atoms with Gasteiger partial charge in [-0.15, -0.1) is 0 Å². The number of aryl methyl sites for hydroxylation is 3. The van der Waals surface area contributed by atoms with Crippen LogP contribution in [0.15, 0.2) is 16.9 Å². The van der Waals surface area contributed by atoms with Crippen molar-refractivity contribution in [3.8, 4) is 0 Å². The van der Waals surface area contributed by atoms with E-state index in [1.165, 1.54) is 11.3 Å². The van der Waals surface area contributed by atoms with Gasteiger partial charge in [0.2, 0.25) is 0 Å². The lowest BCUT2D eigenvalue weighted by Gasteiger charge is -2.16. The molecule has 1 unspecified atom stereocenters. The molecule has 2 heterocycles. The van der Waals surface area contributed by atoms with E-state index in [-0.39, 0.29) is 6.10 Å². The van der Waals surface area contributed by atoms with Gasteiger partial charge >= 0.3 is 0 Å². The number of aromatic nitrogens is 3. The Hall–Kier alpha value is -1.07. The van der Waals surface area contributed by atoms with E-state index in [1.807, 2.05) is 11.7 Å². The topological polar surface area (TPSA) is 43.0 Å². The van der Waals surface area contributed by atoms with Crippen molar-refractivity contribution in [3.05, 3.63) is 39.4 Å². The van der Waals surface area contributed by atoms with Crippen molar-refractivity contribution in [2.24, 2.45) is 7.05 Å². The van der Waals surface area contributed by atoms with E-state index in [4.69, 9.17) is 0 Å². The Morgan fingerprint density at radius 2 is 2.25 bits per heavy atom. The molecule has 108 valence electrons. The predicted molar refractivity (Wildman–Crippen MR) is 81.7 cm³/mol. The second-order valence-corrected chi connectivity index (χ2v) is 6.30. The molecule has 2 aromatic rings. The smallest absolute Gasteiger partial charge is 0.0807 e. The van der Waals surface area contributed by atoms with Crippen LogP contribution in [0.5, 0.6) is 0 Å². The van der Waals surface area contributed by atoms with Gasteiger partial charge in [-0.1, -0.05) is 6.92 Å². The van der Waals surface area contributed by atoms with Crippen molar-refractivity contribution in [2.45, 2.75) is 45.3 Å². The molecule has 0 amide bonds. The maximum absolute atomic E-state index is 10.1. The summed E-state index contributed by atoms with van der Waals surface area (Å²) in [5.41, 5.74) is 4.66. The molecule has 0 bridgehead atoms. The molecule has 20 heavy (non-hydrogen) atoms. The molecule has 5 heteroatoms. The standard InChI is InChI=1S/C15H20BrN3O/c1-3-12-15(16)13(18(2)17-12)9-19-7-10-5-4-6-14(20)11(10)8-19/h7-8,14,20H,3-6,9H2,1-2H3. The summed E-state index contributed by atoms with van der Waals surface area (Å²) in [5, 5.41) is 14.6. The zero-order valence-corrected chi connectivity index (χ0v) is 13.5. The van der Waals surface area contributed by atoms with E-state index in [0.29, 0.717) is 0 Å². The fraction of sp³-hybridized carbons (Fsp3) is 0.533. The summed E-state index contributed by atoms with van der Waals surface area (Å²) in [7, 11) is 1.98. The van der Waals surface area contributed by atoms with E-state index >= 15 is 0 Å². The third-order valence-corrected chi connectivity index (χ3v) is 5.03. The molecule has 2 aromatic heterocycles. The van der Waals surface area contributed by atoms with Crippen molar-refractivity contribution in [1.82, 2.24) is 14.3 Å². The van der Waals surface area contributed by atoms with Gasteiger partial charge in [0.05, 0.1) is 28.5 Å². The minimum atomic E-state index is -0.291. The summed E-state index contributed by atoms with van der Waals surface area (Å²) in [6, 6.07) is 0. The van der Waals surface area contributed by atoms with Crippen molar-refractivity contribution in [1.29, 1.82) is 0 Å². The summed E-state index contributed by atoms with van der Waals surface area (Å²) >= 11 is 3.66. The van der Waals surface area contributed by atoms with Crippen LogP contribution in [0, 0.1) is 0 Å². The van der Waals surface area contributed by atoms with Crippen LogP contribution in [0.1, 0.15) is 48.4 Å². The number of halogens is 1. The first-order chi connectivity index (χ1) is 9.60. The highest BCUT2D eigenvalue weighted by Gasteiger charge is 2.21. The lowest BCUT2D eigenvalue weighted by atomic mass is 9.93. The minimum Gasteiger partial charge on any atom is -0.388 e. The fourth-order valence-electron chi connectivity index (χ4n) is 2.98. The molecular formula is C15H20BrN3O. The largest absolute Gasteiger partial charge is 0.388 e. The average Bonchev–Trinajstić information content (AvgIpc) is 2.95. The van der Waals surface area contributed by atoms with Crippen LogP contribution >= 0.6 is 15.9 Å². The average molecular weight is 338 g/mol. The van der Waals surface area contributed by atoms with E-state index in [1.54, 1.807) is 0 Å². The van der Waals surface area contributed by atoms with Gasteiger partial charge in [0.15, 0.2) is 0 Å². The molecule has 1 aliphatic rings. The number of aliphatic hydroxyl groups excluding tert-OH is 1. The van der Waals surface area contributed by atoms with Crippen LogP contribution in [0.2, 0.25) is 0 Å². The molecule has 0 saturated carbocycles. The van der Waals surface area contributed by atoms with Crippen molar-refractivity contribution >= 4 is 15.9 Å². The van der Waals surface area contributed by atoms with Crippen LogP contribution in [0.4, 0.5) is 0 Å². The number of hydrogen-bond donors (Lipinski definition) is 1. The quantitative estimate of drug-likeness (QED) is 0.935. The first kappa shape index (κ1) is 13.9. The summed E-state index contributed by atoms with van der Waals surface area (Å²) < 4.78 is 5.22. The predicted octanol–water partition coefficient (Wildman–Crippen LogP) is 2.96. The second kappa shape index (κ2) is 5.37. The van der Waals surface area contributed by atoms with Crippen molar-refractivity contribution in [2.75, 3.05) is 0 Å². The van der Waals surface area contributed by atoms with E-state index in [0.717, 1.165) is 48.0 Å². The first-order valence-corrected chi connectivity index (χ1v) is 7.96. The summed E-state index contributed by atoms with van der Waals surface area (Å²) in [6.45, 7) is 2.89. The molecule has 0 radical (unpaired) electrons. The molecule has 3 rings (SSSR count). The van der Waals surface area contributed by atoms with E-state index in [9.17, 15) is 5.11 Å². The van der Waals surface area contributed by atoms with Gasteiger partial charge in [-0.3, -0.25) is 4.68 Å². The van der Waals surface area contributed by atoms with Gasteiger partial charge in [-0.05, 0) is 47.2 Å². The molecule has 0 saturated heterocycles. The second-order valence-electron chi connectivity index (χ2n) is 5.50. The van der Waals surface area contributed by atoms with Crippen molar-refractivity contribution < 1.29 is 5.11 Å².